The van der Waals surface area contributed by atoms with Crippen LogP contribution in [0.1, 0.15) is 29.7 Å². The van der Waals surface area contributed by atoms with E-state index in [1.807, 2.05) is 36.2 Å². The largest absolute Gasteiger partial charge is 0.389 e. The van der Waals surface area contributed by atoms with Gasteiger partial charge in [0.2, 0.25) is 0 Å². The molecule has 0 saturated carbocycles. The minimum absolute atomic E-state index is 0.300. The molecule has 0 saturated heterocycles. The van der Waals surface area contributed by atoms with Crippen molar-refractivity contribution >= 4 is 17.3 Å². The van der Waals surface area contributed by atoms with Crippen LogP contribution in [0.5, 0.6) is 0 Å². The van der Waals surface area contributed by atoms with Crippen LogP contribution < -0.4 is 4.90 Å². The van der Waals surface area contributed by atoms with Crippen LogP contribution in [0.15, 0.2) is 36.4 Å². The fourth-order valence-electron chi connectivity index (χ4n) is 2.34. The highest BCUT2D eigenvalue weighted by Crippen LogP contribution is 2.29. The van der Waals surface area contributed by atoms with E-state index in [0.717, 1.165) is 11.3 Å². The highest BCUT2D eigenvalue weighted by Gasteiger charge is 2.15. The van der Waals surface area contributed by atoms with Crippen LogP contribution in [-0.4, -0.2) is 12.2 Å². The van der Waals surface area contributed by atoms with Gasteiger partial charge in [-0.3, -0.25) is 0 Å². The van der Waals surface area contributed by atoms with Gasteiger partial charge in [-0.25, -0.2) is 4.39 Å². The van der Waals surface area contributed by atoms with Crippen LogP contribution in [0.2, 0.25) is 5.02 Å². The summed E-state index contributed by atoms with van der Waals surface area (Å²) in [7, 11) is 1.92. The van der Waals surface area contributed by atoms with E-state index in [-0.39, 0.29) is 5.82 Å². The molecule has 0 heterocycles. The lowest BCUT2D eigenvalue weighted by Crippen LogP contribution is -2.19. The number of aliphatic hydroxyl groups is 1. The second-order valence-corrected chi connectivity index (χ2v) is 5.76. The maximum absolute atomic E-state index is 13.7. The van der Waals surface area contributed by atoms with Gasteiger partial charge in [0.05, 0.1) is 6.10 Å². The quantitative estimate of drug-likeness (QED) is 0.900. The van der Waals surface area contributed by atoms with Crippen LogP contribution >= 0.6 is 11.6 Å². The Kier molecular flexibility index (Phi) is 4.86. The van der Waals surface area contributed by atoms with Gasteiger partial charge in [-0.05, 0) is 49.2 Å². The van der Waals surface area contributed by atoms with E-state index in [1.165, 1.54) is 6.07 Å². The fourth-order valence-corrected chi connectivity index (χ4v) is 2.55. The smallest absolute Gasteiger partial charge is 0.126 e. The molecule has 0 spiro atoms. The SMILES string of the molecule is Cc1cc(N(C)Cc2cccc(Cl)c2)c([C@@H](C)O)cc1F. The first kappa shape index (κ1) is 15.8. The average Bonchev–Trinajstić information content (AvgIpc) is 2.41. The van der Waals surface area contributed by atoms with E-state index in [4.69, 9.17) is 11.6 Å². The van der Waals surface area contributed by atoms with Crippen molar-refractivity contribution in [2.45, 2.75) is 26.5 Å². The zero-order valence-corrected chi connectivity index (χ0v) is 13.2. The Labute approximate surface area is 129 Å². The van der Waals surface area contributed by atoms with Gasteiger partial charge in [-0.15, -0.1) is 0 Å². The molecular weight excluding hydrogens is 289 g/mol. The Hall–Kier alpha value is -1.58. The molecule has 0 unspecified atom stereocenters. The minimum atomic E-state index is -0.725. The molecule has 2 nitrogen and oxygen atoms in total. The Morgan fingerprint density at radius 3 is 2.62 bits per heavy atom. The summed E-state index contributed by atoms with van der Waals surface area (Å²) < 4.78 is 13.7. The molecule has 1 atom stereocenters. The first-order chi connectivity index (χ1) is 9.88. The summed E-state index contributed by atoms with van der Waals surface area (Å²) in [5.74, 6) is -0.300. The molecule has 112 valence electrons. The van der Waals surface area contributed by atoms with Crippen LogP contribution in [0.4, 0.5) is 10.1 Å². The second-order valence-electron chi connectivity index (χ2n) is 5.32. The molecule has 0 amide bonds. The zero-order valence-electron chi connectivity index (χ0n) is 12.4. The van der Waals surface area contributed by atoms with Crippen molar-refractivity contribution in [3.8, 4) is 0 Å². The molecule has 0 fully saturated rings. The van der Waals surface area contributed by atoms with Gasteiger partial charge < -0.3 is 10.0 Å². The lowest BCUT2D eigenvalue weighted by molar-refractivity contribution is 0.199. The number of hydrogen-bond donors (Lipinski definition) is 1. The Bertz CT molecular complexity index is 643. The highest BCUT2D eigenvalue weighted by atomic mass is 35.5. The van der Waals surface area contributed by atoms with E-state index < -0.39 is 6.10 Å². The Balaban J connectivity index is 2.34. The number of benzene rings is 2. The lowest BCUT2D eigenvalue weighted by atomic mass is 10.0. The van der Waals surface area contributed by atoms with Crippen LogP contribution in [0.3, 0.4) is 0 Å². The van der Waals surface area contributed by atoms with E-state index >= 15 is 0 Å². The van der Waals surface area contributed by atoms with Gasteiger partial charge in [0.1, 0.15) is 5.82 Å². The second kappa shape index (κ2) is 6.46. The summed E-state index contributed by atoms with van der Waals surface area (Å²) >= 11 is 5.99. The molecule has 0 aromatic heterocycles. The summed E-state index contributed by atoms with van der Waals surface area (Å²) in [6.45, 7) is 3.99. The van der Waals surface area contributed by atoms with Gasteiger partial charge in [-0.1, -0.05) is 23.7 Å². The van der Waals surface area contributed by atoms with Crippen LogP contribution in [0, 0.1) is 12.7 Å². The molecule has 0 aliphatic rings. The summed E-state index contributed by atoms with van der Waals surface area (Å²) in [6, 6.07) is 10.8. The van der Waals surface area contributed by atoms with Gasteiger partial charge in [0.25, 0.3) is 0 Å². The normalized spacial score (nSPS) is 12.3. The standard InChI is InChI=1S/C17H19ClFNO/c1-11-7-17(15(12(2)21)9-16(11)19)20(3)10-13-5-4-6-14(18)8-13/h4-9,12,21H,10H2,1-3H3/t12-/m1/s1. The topological polar surface area (TPSA) is 23.5 Å². The van der Waals surface area contributed by atoms with E-state index in [0.29, 0.717) is 22.7 Å². The summed E-state index contributed by atoms with van der Waals surface area (Å²) in [6.07, 6.45) is -0.725. The number of nitrogens with zero attached hydrogens (tertiary/aromatic N) is 1. The first-order valence-corrected chi connectivity index (χ1v) is 7.20. The van der Waals surface area contributed by atoms with Gasteiger partial charge in [0.15, 0.2) is 0 Å². The zero-order chi connectivity index (χ0) is 15.6. The molecule has 0 radical (unpaired) electrons. The first-order valence-electron chi connectivity index (χ1n) is 6.82. The lowest BCUT2D eigenvalue weighted by Gasteiger charge is -2.24. The maximum atomic E-state index is 13.7. The predicted molar refractivity (Wildman–Crippen MR) is 85.3 cm³/mol. The molecule has 2 rings (SSSR count). The van der Waals surface area contributed by atoms with Crippen molar-refractivity contribution in [3.63, 3.8) is 0 Å². The average molecular weight is 308 g/mol. The molecule has 2 aromatic carbocycles. The number of rotatable bonds is 4. The number of aliphatic hydroxyl groups excluding tert-OH is 1. The third-order valence-corrected chi connectivity index (χ3v) is 3.71. The number of halogens is 2. The Morgan fingerprint density at radius 2 is 2.00 bits per heavy atom. The third-order valence-electron chi connectivity index (χ3n) is 3.48. The van der Waals surface area contributed by atoms with E-state index in [9.17, 15) is 9.50 Å². The van der Waals surface area contributed by atoms with Gasteiger partial charge in [-0.2, -0.15) is 0 Å². The van der Waals surface area contributed by atoms with Crippen molar-refractivity contribution in [3.05, 3.63) is 63.9 Å². The number of anilines is 1. The van der Waals surface area contributed by atoms with Gasteiger partial charge >= 0.3 is 0 Å². The van der Waals surface area contributed by atoms with Crippen LogP contribution in [-0.2, 0) is 6.54 Å². The van der Waals surface area contributed by atoms with E-state index in [1.54, 1.807) is 19.9 Å². The Morgan fingerprint density at radius 1 is 1.29 bits per heavy atom. The van der Waals surface area contributed by atoms with E-state index in [2.05, 4.69) is 0 Å². The molecule has 0 aliphatic heterocycles. The predicted octanol–water partition coefficient (Wildman–Crippen LogP) is 4.48. The van der Waals surface area contributed by atoms with Crippen molar-refractivity contribution in [2.75, 3.05) is 11.9 Å². The molecule has 21 heavy (non-hydrogen) atoms. The minimum Gasteiger partial charge on any atom is -0.389 e. The highest BCUT2D eigenvalue weighted by molar-refractivity contribution is 6.30. The van der Waals surface area contributed by atoms with Crippen molar-refractivity contribution in [2.24, 2.45) is 0 Å². The maximum Gasteiger partial charge on any atom is 0.126 e. The molecule has 4 heteroatoms. The van der Waals surface area contributed by atoms with Gasteiger partial charge in [0, 0.05) is 29.9 Å². The molecule has 0 bridgehead atoms. The molecule has 2 aromatic rings. The third kappa shape index (κ3) is 3.74. The summed E-state index contributed by atoms with van der Waals surface area (Å²) in [5, 5.41) is 10.6. The molecule has 0 aliphatic carbocycles. The van der Waals surface area contributed by atoms with Crippen molar-refractivity contribution < 1.29 is 9.50 Å². The summed E-state index contributed by atoms with van der Waals surface area (Å²) in [5.41, 5.74) is 3.03. The van der Waals surface area contributed by atoms with Crippen molar-refractivity contribution in [1.29, 1.82) is 0 Å². The number of hydrogen-bond acceptors (Lipinski definition) is 2. The van der Waals surface area contributed by atoms with Crippen molar-refractivity contribution in [1.82, 2.24) is 0 Å². The van der Waals surface area contributed by atoms with Crippen LogP contribution in [0.25, 0.3) is 0 Å². The number of aryl methyl sites for hydroxylation is 1. The molecular formula is C17H19ClFNO. The monoisotopic (exact) mass is 307 g/mol. The fraction of sp³-hybridized carbons (Fsp3) is 0.294. The molecule has 1 N–H and O–H groups in total. The summed E-state index contributed by atoms with van der Waals surface area (Å²) in [4.78, 5) is 1.99.